The van der Waals surface area contributed by atoms with Crippen molar-refractivity contribution in [3.8, 4) is 5.75 Å². The molecule has 1 aromatic carbocycles. The summed E-state index contributed by atoms with van der Waals surface area (Å²) in [7, 11) is 0. The van der Waals surface area contributed by atoms with Gasteiger partial charge in [0.25, 0.3) is 0 Å². The summed E-state index contributed by atoms with van der Waals surface area (Å²) in [6, 6.07) is 8.63. The van der Waals surface area contributed by atoms with E-state index in [2.05, 4.69) is 64.2 Å². The summed E-state index contributed by atoms with van der Waals surface area (Å²) in [4.78, 5) is 0. The Morgan fingerprint density at radius 3 is 2.63 bits per heavy atom. The van der Waals surface area contributed by atoms with E-state index in [4.69, 9.17) is 4.74 Å². The highest BCUT2D eigenvalue weighted by atomic mass is 16.5. The van der Waals surface area contributed by atoms with Crippen LogP contribution in [-0.4, -0.2) is 12.6 Å². The van der Waals surface area contributed by atoms with Gasteiger partial charge in [-0.3, -0.25) is 0 Å². The SMILES string of the molecule is CCCNC(C=C(C)C)c1cccc(OC(C)C)c1. The minimum atomic E-state index is 0.209. The molecule has 0 amide bonds. The predicted molar refractivity (Wildman–Crippen MR) is 82.7 cm³/mol. The minimum absolute atomic E-state index is 0.209. The van der Waals surface area contributed by atoms with Gasteiger partial charge >= 0.3 is 0 Å². The molecule has 0 heterocycles. The molecule has 0 saturated heterocycles. The monoisotopic (exact) mass is 261 g/mol. The maximum absolute atomic E-state index is 5.77. The van der Waals surface area contributed by atoms with Crippen molar-refractivity contribution in [1.29, 1.82) is 0 Å². The number of rotatable bonds is 7. The first-order valence-electron chi connectivity index (χ1n) is 7.18. The van der Waals surface area contributed by atoms with Crippen LogP contribution in [0.4, 0.5) is 0 Å². The Labute approximate surface area is 117 Å². The first-order valence-corrected chi connectivity index (χ1v) is 7.18. The highest BCUT2D eigenvalue weighted by Crippen LogP contribution is 2.22. The van der Waals surface area contributed by atoms with Crippen molar-refractivity contribution in [2.45, 2.75) is 53.2 Å². The van der Waals surface area contributed by atoms with Crippen molar-refractivity contribution in [2.24, 2.45) is 0 Å². The summed E-state index contributed by atoms with van der Waals surface area (Å²) >= 11 is 0. The zero-order chi connectivity index (χ0) is 14.3. The molecule has 106 valence electrons. The Bertz CT molecular complexity index is 405. The second-order valence-electron chi connectivity index (χ2n) is 5.41. The molecule has 1 aromatic rings. The lowest BCUT2D eigenvalue weighted by Crippen LogP contribution is -2.20. The molecule has 0 bridgehead atoms. The molecular formula is C17H27NO. The Morgan fingerprint density at radius 2 is 2.05 bits per heavy atom. The van der Waals surface area contributed by atoms with Crippen molar-refractivity contribution in [3.05, 3.63) is 41.5 Å². The third-order valence-corrected chi connectivity index (χ3v) is 2.70. The fourth-order valence-electron chi connectivity index (χ4n) is 1.96. The fourth-order valence-corrected chi connectivity index (χ4v) is 1.96. The van der Waals surface area contributed by atoms with E-state index in [1.165, 1.54) is 11.1 Å². The topological polar surface area (TPSA) is 21.3 Å². The number of allylic oxidation sites excluding steroid dienone is 1. The number of nitrogens with one attached hydrogen (secondary N) is 1. The highest BCUT2D eigenvalue weighted by molar-refractivity contribution is 5.33. The van der Waals surface area contributed by atoms with Crippen LogP contribution in [-0.2, 0) is 0 Å². The van der Waals surface area contributed by atoms with Crippen LogP contribution in [0.1, 0.15) is 52.6 Å². The van der Waals surface area contributed by atoms with Crippen molar-refractivity contribution in [1.82, 2.24) is 5.32 Å². The molecule has 0 radical (unpaired) electrons. The molecule has 2 heteroatoms. The first kappa shape index (κ1) is 15.8. The average Bonchev–Trinajstić information content (AvgIpc) is 2.33. The smallest absolute Gasteiger partial charge is 0.120 e. The van der Waals surface area contributed by atoms with Crippen molar-refractivity contribution >= 4 is 0 Å². The summed E-state index contributed by atoms with van der Waals surface area (Å²) in [6.07, 6.45) is 3.61. The van der Waals surface area contributed by atoms with E-state index >= 15 is 0 Å². The number of benzene rings is 1. The molecule has 2 nitrogen and oxygen atoms in total. The number of ether oxygens (including phenoxy) is 1. The zero-order valence-electron chi connectivity index (χ0n) is 12.9. The van der Waals surface area contributed by atoms with E-state index in [0.717, 1.165) is 18.7 Å². The molecule has 0 saturated carbocycles. The molecule has 0 aromatic heterocycles. The number of hydrogen-bond donors (Lipinski definition) is 1. The van der Waals surface area contributed by atoms with Gasteiger partial charge in [0.15, 0.2) is 0 Å². The summed E-state index contributed by atoms with van der Waals surface area (Å²) in [5.41, 5.74) is 2.58. The predicted octanol–water partition coefficient (Wildman–Crippen LogP) is 4.48. The molecule has 0 fully saturated rings. The van der Waals surface area contributed by atoms with Crippen LogP contribution in [0.15, 0.2) is 35.9 Å². The molecule has 19 heavy (non-hydrogen) atoms. The minimum Gasteiger partial charge on any atom is -0.491 e. The molecular weight excluding hydrogens is 234 g/mol. The van der Waals surface area contributed by atoms with Gasteiger partial charge in [0.05, 0.1) is 12.1 Å². The lowest BCUT2D eigenvalue weighted by atomic mass is 10.0. The van der Waals surface area contributed by atoms with Gasteiger partial charge in [0.2, 0.25) is 0 Å². The summed E-state index contributed by atoms with van der Waals surface area (Å²) in [5, 5.41) is 3.57. The standard InChI is InChI=1S/C17H27NO/c1-6-10-18-17(11-13(2)3)15-8-7-9-16(12-15)19-14(4)5/h7-9,11-12,14,17-18H,6,10H2,1-5H3. The van der Waals surface area contributed by atoms with Gasteiger partial charge in [0.1, 0.15) is 5.75 Å². The van der Waals surface area contributed by atoms with E-state index in [1.54, 1.807) is 0 Å². The fraction of sp³-hybridized carbons (Fsp3) is 0.529. The third kappa shape index (κ3) is 5.93. The largest absolute Gasteiger partial charge is 0.491 e. The van der Waals surface area contributed by atoms with Gasteiger partial charge in [0, 0.05) is 0 Å². The number of hydrogen-bond acceptors (Lipinski definition) is 2. The molecule has 1 atom stereocenters. The van der Waals surface area contributed by atoms with E-state index in [-0.39, 0.29) is 12.1 Å². The van der Waals surface area contributed by atoms with E-state index < -0.39 is 0 Å². The molecule has 1 unspecified atom stereocenters. The summed E-state index contributed by atoms with van der Waals surface area (Å²) in [6.45, 7) is 11.6. The average molecular weight is 261 g/mol. The van der Waals surface area contributed by atoms with Gasteiger partial charge in [-0.25, -0.2) is 0 Å². The molecule has 0 aliphatic carbocycles. The van der Waals surface area contributed by atoms with Crippen LogP contribution in [0, 0.1) is 0 Å². The van der Waals surface area contributed by atoms with Crippen LogP contribution < -0.4 is 10.1 Å². The van der Waals surface area contributed by atoms with Crippen LogP contribution in [0.5, 0.6) is 5.75 Å². The van der Waals surface area contributed by atoms with Crippen molar-refractivity contribution < 1.29 is 4.74 Å². The van der Waals surface area contributed by atoms with E-state index in [0.29, 0.717) is 0 Å². The van der Waals surface area contributed by atoms with Gasteiger partial charge in [-0.05, 0) is 58.4 Å². The summed E-state index contributed by atoms with van der Waals surface area (Å²) in [5.74, 6) is 0.943. The van der Waals surface area contributed by atoms with Crippen molar-refractivity contribution in [2.75, 3.05) is 6.54 Å². The zero-order valence-corrected chi connectivity index (χ0v) is 12.9. The van der Waals surface area contributed by atoms with Gasteiger partial charge < -0.3 is 10.1 Å². The van der Waals surface area contributed by atoms with Gasteiger partial charge in [-0.1, -0.05) is 30.7 Å². The second kappa shape index (κ2) is 8.00. The lowest BCUT2D eigenvalue weighted by Gasteiger charge is -2.18. The van der Waals surface area contributed by atoms with Gasteiger partial charge in [-0.2, -0.15) is 0 Å². The Kier molecular flexibility index (Phi) is 6.65. The van der Waals surface area contributed by atoms with Crippen LogP contribution in [0.25, 0.3) is 0 Å². The molecule has 0 aliphatic heterocycles. The van der Waals surface area contributed by atoms with Crippen LogP contribution in [0.3, 0.4) is 0 Å². The maximum atomic E-state index is 5.77. The Balaban J connectivity index is 2.91. The molecule has 0 aliphatic rings. The Morgan fingerprint density at radius 1 is 1.32 bits per heavy atom. The van der Waals surface area contributed by atoms with Gasteiger partial charge in [-0.15, -0.1) is 0 Å². The van der Waals surface area contributed by atoms with Crippen molar-refractivity contribution in [3.63, 3.8) is 0 Å². The van der Waals surface area contributed by atoms with E-state index in [9.17, 15) is 0 Å². The lowest BCUT2D eigenvalue weighted by molar-refractivity contribution is 0.242. The second-order valence-corrected chi connectivity index (χ2v) is 5.41. The van der Waals surface area contributed by atoms with E-state index in [1.807, 2.05) is 6.07 Å². The van der Waals surface area contributed by atoms with Crippen LogP contribution in [0.2, 0.25) is 0 Å². The molecule has 1 N–H and O–H groups in total. The highest BCUT2D eigenvalue weighted by Gasteiger charge is 2.09. The Hall–Kier alpha value is -1.28. The first-order chi connectivity index (χ1) is 9.02. The normalized spacial score (nSPS) is 12.3. The van der Waals surface area contributed by atoms with Crippen LogP contribution >= 0.6 is 0 Å². The third-order valence-electron chi connectivity index (χ3n) is 2.70. The summed E-state index contributed by atoms with van der Waals surface area (Å²) < 4.78 is 5.77. The molecule has 1 rings (SSSR count). The quantitative estimate of drug-likeness (QED) is 0.731. The maximum Gasteiger partial charge on any atom is 0.120 e. The molecule has 0 spiro atoms.